The number of hydrogen-bond acceptors (Lipinski definition) is 8. The van der Waals surface area contributed by atoms with Crippen LogP contribution in [0.1, 0.15) is 44.7 Å². The zero-order valence-electron chi connectivity index (χ0n) is 19.2. The van der Waals surface area contributed by atoms with Crippen molar-refractivity contribution in [2.45, 2.75) is 45.8 Å². The third kappa shape index (κ3) is 8.94. The Bertz CT molecular complexity index is 1020. The smallest absolute Gasteiger partial charge is 0.416 e. The van der Waals surface area contributed by atoms with E-state index in [1.165, 1.54) is 12.1 Å². The number of ether oxygens (including phenoxy) is 1. The van der Waals surface area contributed by atoms with Gasteiger partial charge in [-0.3, -0.25) is 4.79 Å². The van der Waals surface area contributed by atoms with E-state index in [2.05, 4.69) is 20.6 Å². The molecule has 0 aliphatic heterocycles. The fraction of sp³-hybridized carbons (Fsp3) is 0.478. The van der Waals surface area contributed by atoms with Gasteiger partial charge in [0.25, 0.3) is 0 Å². The van der Waals surface area contributed by atoms with Gasteiger partial charge >= 0.3 is 6.18 Å². The quantitative estimate of drug-likeness (QED) is 0.397. The Morgan fingerprint density at radius 2 is 2.00 bits per heavy atom. The maximum Gasteiger partial charge on any atom is 0.416 e. The summed E-state index contributed by atoms with van der Waals surface area (Å²) >= 11 is 0. The van der Waals surface area contributed by atoms with Crippen LogP contribution in [0.15, 0.2) is 24.3 Å². The van der Waals surface area contributed by atoms with E-state index in [1.54, 1.807) is 6.92 Å². The normalized spacial score (nSPS) is 11.8. The minimum atomic E-state index is -4.54. The molecule has 1 aromatic heterocycles. The number of carbonyl (C=O) groups is 1. The van der Waals surface area contributed by atoms with Crippen LogP contribution in [0.5, 0.6) is 5.88 Å². The average Bonchev–Trinajstić information content (AvgIpc) is 2.75. The van der Waals surface area contributed by atoms with Crippen LogP contribution in [0.3, 0.4) is 0 Å². The number of nitrogen functional groups attached to an aromatic ring is 1. The number of nitrogens with one attached hydrogen (secondary N) is 2. The Hall–Kier alpha value is -3.59. The summed E-state index contributed by atoms with van der Waals surface area (Å²) in [5.74, 6) is -0.752. The van der Waals surface area contributed by atoms with Gasteiger partial charge in [-0.2, -0.15) is 28.4 Å². The molecule has 0 aliphatic rings. The lowest BCUT2D eigenvalue weighted by Crippen LogP contribution is -2.35. The third-order valence-corrected chi connectivity index (χ3v) is 4.72. The largest absolute Gasteiger partial charge is 0.477 e. The lowest BCUT2D eigenvalue weighted by atomic mass is 10.1. The first-order valence-electron chi connectivity index (χ1n) is 10.6. The highest BCUT2D eigenvalue weighted by Gasteiger charge is 2.31. The average molecular weight is 496 g/mol. The van der Waals surface area contributed by atoms with Crippen molar-refractivity contribution < 1.29 is 22.7 Å². The number of hydrogen-bond donors (Lipinski definition) is 3. The number of halogens is 3. The number of anilines is 3. The zero-order chi connectivity index (χ0) is 25.3. The summed E-state index contributed by atoms with van der Waals surface area (Å²) in [4.78, 5) is 23.0. The zero-order valence-corrected chi connectivity index (χ0v) is 19.2. The molecule has 0 bridgehead atoms. The maximum atomic E-state index is 13.0. The molecular formula is C23H32F3N7O2. The Morgan fingerprint density at radius 3 is 2.60 bits per heavy atom. The summed E-state index contributed by atoms with van der Waals surface area (Å²) in [5.41, 5.74) is 4.83. The van der Waals surface area contributed by atoms with Gasteiger partial charge in [-0.1, -0.05) is 13.5 Å². The Labute approximate surface area is 203 Å². The summed E-state index contributed by atoms with van der Waals surface area (Å²) in [7, 11) is 3.85. The molecule has 0 spiro atoms. The van der Waals surface area contributed by atoms with E-state index >= 15 is 0 Å². The van der Waals surface area contributed by atoms with E-state index in [0.717, 1.165) is 25.1 Å². The van der Waals surface area contributed by atoms with Gasteiger partial charge in [0.05, 0.1) is 12.2 Å². The molecule has 0 saturated carbocycles. The van der Waals surface area contributed by atoms with Crippen LogP contribution in [-0.2, 0) is 11.0 Å². The summed E-state index contributed by atoms with van der Waals surface area (Å²) in [6, 6.07) is 5.40. The van der Waals surface area contributed by atoms with E-state index in [1.807, 2.05) is 25.1 Å². The number of benzene rings is 1. The second kappa shape index (κ2) is 13.3. The summed E-state index contributed by atoms with van der Waals surface area (Å²) in [5, 5.41) is 15.0. The molecule has 35 heavy (non-hydrogen) atoms. The summed E-state index contributed by atoms with van der Waals surface area (Å²) in [6.45, 7) is 2.73. The number of unbranched alkanes of at least 4 members (excludes halogenated alkanes) is 1. The van der Waals surface area contributed by atoms with Crippen molar-refractivity contribution in [2.24, 2.45) is 0 Å². The molecule has 1 heterocycles. The van der Waals surface area contributed by atoms with Gasteiger partial charge in [-0.25, -0.2) is 0 Å². The molecule has 0 radical (unpaired) electrons. The van der Waals surface area contributed by atoms with Gasteiger partial charge in [0, 0.05) is 5.69 Å². The van der Waals surface area contributed by atoms with E-state index in [-0.39, 0.29) is 42.9 Å². The van der Waals surface area contributed by atoms with E-state index < -0.39 is 23.7 Å². The fourth-order valence-corrected chi connectivity index (χ4v) is 3.12. The monoisotopic (exact) mass is 495 g/mol. The van der Waals surface area contributed by atoms with Crippen molar-refractivity contribution in [3.63, 3.8) is 0 Å². The van der Waals surface area contributed by atoms with Gasteiger partial charge in [0.15, 0.2) is 11.4 Å². The first-order chi connectivity index (χ1) is 16.0. The molecule has 0 unspecified atom stereocenters. The van der Waals surface area contributed by atoms with Crippen molar-refractivity contribution in [1.82, 2.24) is 14.9 Å². The molecule has 1 aromatic carbocycles. The van der Waals surface area contributed by atoms with Crippen molar-refractivity contribution in [3.05, 3.63) is 35.4 Å². The molecule has 0 saturated heterocycles. The molecule has 192 valence electrons. The Kier molecular flexibility index (Phi) is 11.2. The van der Waals surface area contributed by atoms with Gasteiger partial charge in [0.1, 0.15) is 12.1 Å². The Balaban J connectivity index is 0.00000612. The molecule has 1 atom stereocenters. The number of rotatable bonds is 11. The number of amides is 1. The molecule has 12 heteroatoms. The summed E-state index contributed by atoms with van der Waals surface area (Å²) in [6.07, 6.45) is -2.80. The van der Waals surface area contributed by atoms with Crippen molar-refractivity contribution in [3.8, 4) is 11.9 Å². The van der Waals surface area contributed by atoms with Crippen molar-refractivity contribution in [2.75, 3.05) is 43.6 Å². The van der Waals surface area contributed by atoms with Crippen LogP contribution in [-0.4, -0.2) is 54.1 Å². The van der Waals surface area contributed by atoms with Crippen molar-refractivity contribution >= 4 is 23.4 Å². The molecule has 0 fully saturated rings. The molecule has 2 aromatic rings. The second-order valence-corrected chi connectivity index (χ2v) is 7.72. The Morgan fingerprint density at radius 1 is 1.29 bits per heavy atom. The van der Waals surface area contributed by atoms with Crippen LogP contribution < -0.4 is 21.1 Å². The molecule has 4 N–H and O–H groups in total. The minimum absolute atomic E-state index is 0. The lowest BCUT2D eigenvalue weighted by Gasteiger charge is -2.21. The highest BCUT2D eigenvalue weighted by molar-refractivity contribution is 5.96. The van der Waals surface area contributed by atoms with E-state index in [9.17, 15) is 23.2 Å². The first kappa shape index (κ1) is 29.4. The van der Waals surface area contributed by atoms with Gasteiger partial charge in [-0.05, 0) is 65.0 Å². The summed E-state index contributed by atoms with van der Waals surface area (Å²) < 4.78 is 44.5. The topological polar surface area (TPSA) is 129 Å². The highest BCUT2D eigenvalue weighted by atomic mass is 19.4. The van der Waals surface area contributed by atoms with Gasteiger partial charge < -0.3 is 26.0 Å². The van der Waals surface area contributed by atoms with Gasteiger partial charge in [-0.15, -0.1) is 0 Å². The van der Waals surface area contributed by atoms with Crippen LogP contribution >= 0.6 is 0 Å². The molecular weight excluding hydrogens is 463 g/mol. The van der Waals surface area contributed by atoms with E-state index in [4.69, 9.17) is 10.5 Å². The number of nitrogens with zero attached hydrogens (tertiary/aromatic N) is 4. The predicted molar refractivity (Wildman–Crippen MR) is 129 cm³/mol. The van der Waals surface area contributed by atoms with Crippen LogP contribution in [0, 0.1) is 11.3 Å². The number of carbonyl (C=O) groups excluding carboxylic acids is 1. The molecule has 2 rings (SSSR count). The van der Waals surface area contributed by atoms with Gasteiger partial charge in [0.2, 0.25) is 17.7 Å². The highest BCUT2D eigenvalue weighted by Crippen LogP contribution is 2.31. The second-order valence-electron chi connectivity index (χ2n) is 7.72. The third-order valence-electron chi connectivity index (χ3n) is 4.72. The van der Waals surface area contributed by atoms with Crippen LogP contribution in [0.4, 0.5) is 30.6 Å². The molecule has 9 nitrogen and oxygen atoms in total. The van der Waals surface area contributed by atoms with Crippen molar-refractivity contribution in [1.29, 1.82) is 5.26 Å². The molecule has 0 aliphatic carbocycles. The van der Waals surface area contributed by atoms with Crippen LogP contribution in [0.25, 0.3) is 0 Å². The minimum Gasteiger partial charge on any atom is -0.477 e. The van der Waals surface area contributed by atoms with E-state index in [0.29, 0.717) is 12.8 Å². The fourth-order valence-electron chi connectivity index (χ4n) is 3.12. The standard InChI is InChI=1S/C22H28F3N7O2.CH4/c1-4-34-20-16(13-26)18(30-21(27)31-20)29-17(10-5-6-11-32(2)3)19(33)28-15-9-7-8-14(12-15)22(23,24)25;/h7-9,12,17H,4-6,10-11H2,1-3H3,(H,28,33)(H3,27,29,30,31);1H4/t17-;/m0./s1. The van der Waals surface area contributed by atoms with Crippen LogP contribution in [0.2, 0.25) is 0 Å². The number of alkyl halides is 3. The number of aromatic nitrogens is 2. The predicted octanol–water partition coefficient (Wildman–Crippen LogP) is 4.14. The SMILES string of the molecule is C.CCOc1nc(N)nc(N[C@@H](CCCCN(C)C)C(=O)Nc2cccc(C(F)(F)F)c2)c1C#N. The number of nitrogens with two attached hydrogens (primary N) is 1. The molecule has 1 amide bonds. The number of nitriles is 1. The lowest BCUT2D eigenvalue weighted by molar-refractivity contribution is -0.137. The first-order valence-corrected chi connectivity index (χ1v) is 10.6. The maximum absolute atomic E-state index is 13.0.